The Bertz CT molecular complexity index is 1950. The van der Waals surface area contributed by atoms with Crippen LogP contribution in [0, 0.1) is 0 Å². The molecule has 55 heavy (non-hydrogen) atoms. The highest BCUT2D eigenvalue weighted by molar-refractivity contribution is 6.09. The number of fused-ring (bicyclic) bond motifs is 4. The predicted molar refractivity (Wildman–Crippen MR) is 196 cm³/mol. The van der Waals surface area contributed by atoms with Gasteiger partial charge in [-0.1, -0.05) is 60.7 Å². The Morgan fingerprint density at radius 1 is 0.564 bits per heavy atom. The lowest BCUT2D eigenvalue weighted by molar-refractivity contribution is -0.303. The summed E-state index contributed by atoms with van der Waals surface area (Å²) < 4.78 is 71.9. The van der Waals surface area contributed by atoms with Crippen LogP contribution < -0.4 is 28.4 Å². The molecule has 2 aliphatic heterocycles. The van der Waals surface area contributed by atoms with Crippen LogP contribution >= 0.6 is 0 Å². The van der Waals surface area contributed by atoms with Gasteiger partial charge in [0.25, 0.3) is 0 Å². The van der Waals surface area contributed by atoms with Crippen LogP contribution in [-0.2, 0) is 41.6 Å². The summed E-state index contributed by atoms with van der Waals surface area (Å²) in [6, 6.07) is 21.9. The Labute approximate surface area is 318 Å². The number of esters is 2. The standard InChI is InChI=1S/C41H44O14/c1-44-27-18-25-30(35(48-5)32(27)46-3)31-26(19-28(45-2)33(47-4)36(31)49-6)40(43)55-38-37(54-39(25)42)34(52-21-24-16-12-9-13-17-24)29(53-41(38)50-7)22-51-20-23-14-10-8-11-15-23/h8-19,29,34,37-38,41H,20-22H2,1-7H3/t29-,34-,37+,38+,41+/m1/s1. The fourth-order valence-corrected chi connectivity index (χ4v) is 6.80. The Morgan fingerprint density at radius 2 is 1.04 bits per heavy atom. The van der Waals surface area contributed by atoms with Gasteiger partial charge in [0.2, 0.25) is 11.5 Å². The summed E-state index contributed by atoms with van der Waals surface area (Å²) in [6.45, 7) is 0.379. The molecule has 4 aromatic rings. The molecule has 14 nitrogen and oxygen atoms in total. The van der Waals surface area contributed by atoms with E-state index in [4.69, 9.17) is 56.8 Å². The van der Waals surface area contributed by atoms with Crippen molar-refractivity contribution >= 4 is 11.9 Å². The fourth-order valence-electron chi connectivity index (χ4n) is 6.80. The molecule has 0 aromatic heterocycles. The molecule has 14 heteroatoms. The molecule has 0 bridgehead atoms. The van der Waals surface area contributed by atoms with Gasteiger partial charge in [-0.15, -0.1) is 0 Å². The van der Waals surface area contributed by atoms with E-state index in [1.54, 1.807) is 0 Å². The van der Waals surface area contributed by atoms with Crippen LogP contribution in [0.25, 0.3) is 11.1 Å². The third-order valence-electron chi connectivity index (χ3n) is 9.34. The minimum absolute atomic E-state index is 0.00931. The average molecular weight is 761 g/mol. The van der Waals surface area contributed by atoms with Crippen molar-refractivity contribution < 1.29 is 66.4 Å². The van der Waals surface area contributed by atoms with Crippen LogP contribution in [-0.4, -0.2) is 99.0 Å². The van der Waals surface area contributed by atoms with E-state index in [0.29, 0.717) is 0 Å². The van der Waals surface area contributed by atoms with Crippen molar-refractivity contribution in [1.29, 1.82) is 0 Å². The minimum atomic E-state index is -1.34. The molecule has 1 saturated heterocycles. The molecule has 4 aromatic carbocycles. The number of carbonyl (C=O) groups excluding carboxylic acids is 2. The first kappa shape index (κ1) is 39.2. The smallest absolute Gasteiger partial charge is 0.339 e. The number of rotatable bonds is 14. The van der Waals surface area contributed by atoms with Gasteiger partial charge in [0.1, 0.15) is 12.2 Å². The van der Waals surface area contributed by atoms with Gasteiger partial charge < -0.3 is 56.8 Å². The second-order valence-corrected chi connectivity index (χ2v) is 12.4. The topological polar surface area (TPSA) is 145 Å². The van der Waals surface area contributed by atoms with E-state index in [9.17, 15) is 9.59 Å². The summed E-state index contributed by atoms with van der Waals surface area (Å²) in [6.07, 6.45) is -5.76. The number of hydrogen-bond donors (Lipinski definition) is 0. The van der Waals surface area contributed by atoms with Crippen molar-refractivity contribution in [2.24, 2.45) is 0 Å². The number of carbonyl (C=O) groups is 2. The SMILES string of the molecule is COc1cc2c(c(OC)c1OC)-c1c(cc(OC)c(OC)c1OC)C(=O)O[C@@H]1[C@@H](OC)O[C@H](COCc3ccccc3)[C@@H](OCc3ccccc3)[C@@H]1OC2=O. The molecule has 6 rings (SSSR count). The third kappa shape index (κ3) is 7.85. The molecule has 0 unspecified atom stereocenters. The highest BCUT2D eigenvalue weighted by Crippen LogP contribution is 2.55. The Kier molecular flexibility index (Phi) is 12.6. The zero-order valence-electron chi connectivity index (χ0n) is 31.7. The van der Waals surface area contributed by atoms with Crippen molar-refractivity contribution in [2.45, 2.75) is 43.9 Å². The zero-order valence-corrected chi connectivity index (χ0v) is 31.7. The first-order valence-corrected chi connectivity index (χ1v) is 17.4. The number of methoxy groups -OCH3 is 7. The average Bonchev–Trinajstić information content (AvgIpc) is 3.22. The number of hydrogen-bond acceptors (Lipinski definition) is 14. The van der Waals surface area contributed by atoms with E-state index in [1.807, 2.05) is 60.7 Å². The van der Waals surface area contributed by atoms with Gasteiger partial charge in [-0.2, -0.15) is 0 Å². The fraction of sp³-hybridized carbons (Fsp3) is 0.366. The number of ether oxygens (including phenoxy) is 12. The van der Waals surface area contributed by atoms with Gasteiger partial charge in [0.05, 0.1) is 73.6 Å². The molecule has 1 fully saturated rings. The van der Waals surface area contributed by atoms with E-state index in [-0.39, 0.29) is 76.6 Å². The monoisotopic (exact) mass is 760 g/mol. The molecule has 0 radical (unpaired) electrons. The van der Waals surface area contributed by atoms with E-state index in [2.05, 4.69) is 0 Å². The maximum Gasteiger partial charge on any atom is 0.339 e. The predicted octanol–water partition coefficient (Wildman–Crippen LogP) is 5.64. The Hall–Kier alpha value is -5.54. The molecule has 2 aliphatic rings. The first-order chi connectivity index (χ1) is 26.8. The van der Waals surface area contributed by atoms with Crippen molar-refractivity contribution in [2.75, 3.05) is 56.4 Å². The van der Waals surface area contributed by atoms with Gasteiger partial charge in [0, 0.05) is 18.2 Å². The van der Waals surface area contributed by atoms with Gasteiger partial charge in [-0.3, -0.25) is 0 Å². The molecule has 292 valence electrons. The van der Waals surface area contributed by atoms with Crippen LogP contribution in [0.2, 0.25) is 0 Å². The van der Waals surface area contributed by atoms with Gasteiger partial charge in [-0.05, 0) is 23.3 Å². The van der Waals surface area contributed by atoms with Crippen LogP contribution in [0.3, 0.4) is 0 Å². The van der Waals surface area contributed by atoms with Crippen molar-refractivity contribution in [3.63, 3.8) is 0 Å². The van der Waals surface area contributed by atoms with Gasteiger partial charge >= 0.3 is 11.9 Å². The molecular weight excluding hydrogens is 716 g/mol. The van der Waals surface area contributed by atoms with E-state index < -0.39 is 42.6 Å². The molecule has 0 amide bonds. The lowest BCUT2D eigenvalue weighted by Crippen LogP contribution is -2.62. The quantitative estimate of drug-likeness (QED) is 0.146. The van der Waals surface area contributed by atoms with Crippen molar-refractivity contribution in [3.05, 3.63) is 95.1 Å². The summed E-state index contributed by atoms with van der Waals surface area (Å²) in [5.41, 5.74) is 1.80. The zero-order chi connectivity index (χ0) is 39.1. The summed E-state index contributed by atoms with van der Waals surface area (Å²) >= 11 is 0. The highest BCUT2D eigenvalue weighted by atomic mass is 16.7. The minimum Gasteiger partial charge on any atom is -0.493 e. The van der Waals surface area contributed by atoms with Crippen LogP contribution in [0.4, 0.5) is 0 Å². The largest absolute Gasteiger partial charge is 0.493 e. The van der Waals surface area contributed by atoms with Crippen LogP contribution in [0.15, 0.2) is 72.8 Å². The molecule has 2 heterocycles. The van der Waals surface area contributed by atoms with Gasteiger partial charge in [0.15, 0.2) is 41.5 Å². The van der Waals surface area contributed by atoms with E-state index in [1.165, 1.54) is 61.9 Å². The van der Waals surface area contributed by atoms with E-state index in [0.717, 1.165) is 11.1 Å². The maximum atomic E-state index is 14.8. The van der Waals surface area contributed by atoms with Crippen LogP contribution in [0.1, 0.15) is 31.8 Å². The second kappa shape index (κ2) is 17.7. The van der Waals surface area contributed by atoms with Crippen LogP contribution in [0.5, 0.6) is 34.5 Å². The highest BCUT2D eigenvalue weighted by Gasteiger charge is 2.53. The second-order valence-electron chi connectivity index (χ2n) is 12.4. The summed E-state index contributed by atoms with van der Waals surface area (Å²) in [4.78, 5) is 29.5. The third-order valence-corrected chi connectivity index (χ3v) is 9.34. The number of benzene rings is 4. The lowest BCUT2D eigenvalue weighted by atomic mass is 9.90. The van der Waals surface area contributed by atoms with Crippen molar-refractivity contribution in [3.8, 4) is 45.6 Å². The molecule has 0 N–H and O–H groups in total. The van der Waals surface area contributed by atoms with Gasteiger partial charge in [-0.25, -0.2) is 9.59 Å². The van der Waals surface area contributed by atoms with E-state index >= 15 is 0 Å². The Balaban J connectivity index is 1.54. The molecule has 0 spiro atoms. The maximum absolute atomic E-state index is 14.8. The summed E-state index contributed by atoms with van der Waals surface area (Å²) in [7, 11) is 9.82. The molecule has 0 saturated carbocycles. The van der Waals surface area contributed by atoms with Crippen molar-refractivity contribution in [1.82, 2.24) is 0 Å². The first-order valence-electron chi connectivity index (χ1n) is 17.4. The Morgan fingerprint density at radius 3 is 1.49 bits per heavy atom. The summed E-state index contributed by atoms with van der Waals surface area (Å²) in [5.74, 6) is -1.08. The molecular formula is C41H44O14. The molecule has 0 aliphatic carbocycles. The lowest BCUT2D eigenvalue weighted by Gasteiger charge is -2.45. The molecule has 5 atom stereocenters. The normalized spacial score (nSPS) is 20.5. The summed E-state index contributed by atoms with van der Waals surface area (Å²) in [5, 5.41) is 0.